The quantitative estimate of drug-likeness (QED) is 0.795. The summed E-state index contributed by atoms with van der Waals surface area (Å²) >= 11 is 0. The summed E-state index contributed by atoms with van der Waals surface area (Å²) in [5, 5.41) is 11.6. The molecule has 6 nitrogen and oxygen atoms in total. The van der Waals surface area contributed by atoms with Crippen molar-refractivity contribution in [3.63, 3.8) is 0 Å². The molecule has 124 valence electrons. The van der Waals surface area contributed by atoms with Gasteiger partial charge in [0.05, 0.1) is 17.7 Å². The number of aromatic carboxylic acids is 1. The zero-order chi connectivity index (χ0) is 17.7. The molecule has 0 spiro atoms. The number of rotatable bonds is 6. The topological polar surface area (TPSA) is 92.7 Å². The molecule has 2 rings (SSSR count). The predicted molar refractivity (Wildman–Crippen MR) is 89.0 cm³/mol. The van der Waals surface area contributed by atoms with Gasteiger partial charge in [0, 0.05) is 11.3 Å². The summed E-state index contributed by atoms with van der Waals surface area (Å²) in [4.78, 5) is 35.0. The van der Waals surface area contributed by atoms with Crippen molar-refractivity contribution >= 4 is 23.3 Å². The molecule has 0 aliphatic heterocycles. The fraction of sp³-hybridized carbons (Fsp3) is 0.167. The second-order valence-electron chi connectivity index (χ2n) is 5.04. The van der Waals surface area contributed by atoms with E-state index in [1.165, 1.54) is 31.2 Å². The van der Waals surface area contributed by atoms with Gasteiger partial charge in [0.2, 0.25) is 0 Å². The molecule has 0 aliphatic carbocycles. The Morgan fingerprint density at radius 3 is 2.46 bits per heavy atom. The minimum Gasteiger partial charge on any atom is -0.493 e. The van der Waals surface area contributed by atoms with E-state index in [1.54, 1.807) is 25.1 Å². The summed E-state index contributed by atoms with van der Waals surface area (Å²) < 4.78 is 5.43. The first-order chi connectivity index (χ1) is 11.4. The van der Waals surface area contributed by atoms with Crippen LogP contribution in [0, 0.1) is 0 Å². The first kappa shape index (κ1) is 17.2. The third-order valence-corrected chi connectivity index (χ3v) is 3.30. The van der Waals surface area contributed by atoms with Crippen LogP contribution in [0.4, 0.5) is 5.69 Å². The second-order valence-corrected chi connectivity index (χ2v) is 5.04. The minimum atomic E-state index is -1.08. The van der Waals surface area contributed by atoms with Crippen LogP contribution in [0.2, 0.25) is 0 Å². The van der Waals surface area contributed by atoms with Crippen molar-refractivity contribution in [1.82, 2.24) is 0 Å². The Balaban J connectivity index is 2.34. The number of carbonyl (C=O) groups excluding carboxylic acids is 2. The first-order valence-corrected chi connectivity index (χ1v) is 7.35. The van der Waals surface area contributed by atoms with Crippen LogP contribution in [0.3, 0.4) is 0 Å². The number of amides is 1. The maximum Gasteiger partial charge on any atom is 0.335 e. The lowest BCUT2D eigenvalue weighted by Crippen LogP contribution is -2.15. The van der Waals surface area contributed by atoms with Crippen LogP contribution in [0.1, 0.15) is 44.9 Å². The monoisotopic (exact) mass is 327 g/mol. The molecule has 2 aromatic carbocycles. The van der Waals surface area contributed by atoms with E-state index in [0.717, 1.165) is 0 Å². The van der Waals surface area contributed by atoms with Gasteiger partial charge in [-0.2, -0.15) is 0 Å². The molecular weight excluding hydrogens is 310 g/mol. The molecule has 24 heavy (non-hydrogen) atoms. The van der Waals surface area contributed by atoms with Crippen LogP contribution < -0.4 is 10.1 Å². The summed E-state index contributed by atoms with van der Waals surface area (Å²) in [5.74, 6) is -1.38. The summed E-state index contributed by atoms with van der Waals surface area (Å²) in [7, 11) is 0. The normalized spacial score (nSPS) is 10.1. The van der Waals surface area contributed by atoms with Gasteiger partial charge in [0.1, 0.15) is 5.75 Å². The van der Waals surface area contributed by atoms with E-state index in [9.17, 15) is 14.4 Å². The molecule has 0 fully saturated rings. The van der Waals surface area contributed by atoms with Crippen molar-refractivity contribution in [3.8, 4) is 5.75 Å². The number of Topliss-reactive ketones (excluding diaryl/α,β-unsaturated/α-hetero) is 1. The lowest BCUT2D eigenvalue weighted by molar-refractivity contribution is 0.0696. The molecule has 2 aromatic rings. The van der Waals surface area contributed by atoms with Crippen molar-refractivity contribution in [3.05, 3.63) is 59.2 Å². The van der Waals surface area contributed by atoms with Gasteiger partial charge >= 0.3 is 5.97 Å². The summed E-state index contributed by atoms with van der Waals surface area (Å²) in [6.45, 7) is 3.57. The third-order valence-electron chi connectivity index (χ3n) is 3.30. The van der Waals surface area contributed by atoms with Crippen molar-refractivity contribution in [2.75, 3.05) is 11.9 Å². The Labute approximate surface area is 139 Å². The van der Waals surface area contributed by atoms with Gasteiger partial charge in [-0.15, -0.1) is 0 Å². The molecule has 0 saturated heterocycles. The smallest absolute Gasteiger partial charge is 0.335 e. The number of benzene rings is 2. The lowest BCUT2D eigenvalue weighted by atomic mass is 10.1. The average Bonchev–Trinajstić information content (AvgIpc) is 2.55. The molecule has 2 N–H and O–H groups in total. The molecule has 0 saturated carbocycles. The number of ketones is 1. The number of hydrogen-bond donors (Lipinski definition) is 2. The zero-order valence-electron chi connectivity index (χ0n) is 13.3. The molecule has 0 radical (unpaired) electrons. The maximum atomic E-state index is 12.5. The number of carbonyl (C=O) groups is 3. The number of carboxylic acid groups (broad SMARTS) is 1. The van der Waals surface area contributed by atoms with Crippen molar-refractivity contribution in [1.29, 1.82) is 0 Å². The van der Waals surface area contributed by atoms with E-state index in [1.807, 2.05) is 0 Å². The van der Waals surface area contributed by atoms with Crippen LogP contribution >= 0.6 is 0 Å². The van der Waals surface area contributed by atoms with Gasteiger partial charge in [-0.3, -0.25) is 9.59 Å². The Morgan fingerprint density at radius 1 is 1.08 bits per heavy atom. The molecule has 0 aromatic heterocycles. The highest BCUT2D eigenvalue weighted by molar-refractivity contribution is 6.08. The van der Waals surface area contributed by atoms with Crippen LogP contribution in [-0.4, -0.2) is 29.4 Å². The van der Waals surface area contributed by atoms with E-state index >= 15 is 0 Å². The van der Waals surface area contributed by atoms with E-state index in [4.69, 9.17) is 9.84 Å². The summed E-state index contributed by atoms with van der Waals surface area (Å²) in [6.07, 6.45) is 0. The van der Waals surface area contributed by atoms with Gasteiger partial charge in [0.25, 0.3) is 5.91 Å². The van der Waals surface area contributed by atoms with E-state index in [-0.39, 0.29) is 16.9 Å². The molecule has 0 heterocycles. The van der Waals surface area contributed by atoms with Crippen molar-refractivity contribution in [2.45, 2.75) is 13.8 Å². The summed E-state index contributed by atoms with van der Waals surface area (Å²) in [5.41, 5.74) is 1.01. The van der Waals surface area contributed by atoms with Crippen LogP contribution in [-0.2, 0) is 0 Å². The molecular formula is C18H17NO5. The lowest BCUT2D eigenvalue weighted by Gasteiger charge is -2.12. The van der Waals surface area contributed by atoms with E-state index in [2.05, 4.69) is 5.32 Å². The second kappa shape index (κ2) is 7.41. The predicted octanol–water partition coefficient (Wildman–Crippen LogP) is 3.24. The van der Waals surface area contributed by atoms with Crippen LogP contribution in [0.5, 0.6) is 5.75 Å². The molecule has 6 heteroatoms. The highest BCUT2D eigenvalue weighted by atomic mass is 16.5. The van der Waals surface area contributed by atoms with E-state index < -0.39 is 11.9 Å². The van der Waals surface area contributed by atoms with Crippen molar-refractivity contribution < 1.29 is 24.2 Å². The maximum absolute atomic E-state index is 12.5. The molecule has 0 bridgehead atoms. The Morgan fingerprint density at radius 2 is 1.83 bits per heavy atom. The highest BCUT2D eigenvalue weighted by Crippen LogP contribution is 2.22. The summed E-state index contributed by atoms with van der Waals surface area (Å²) in [6, 6.07) is 10.5. The van der Waals surface area contributed by atoms with E-state index in [0.29, 0.717) is 23.6 Å². The highest BCUT2D eigenvalue weighted by Gasteiger charge is 2.16. The van der Waals surface area contributed by atoms with Gasteiger partial charge in [-0.1, -0.05) is 6.07 Å². The standard InChI is InChI=1S/C18H17NO5/c1-3-24-16-8-7-12(11(2)20)10-15(16)17(21)19-14-6-4-5-13(9-14)18(22)23/h4-10H,3H2,1-2H3,(H,19,21)(H,22,23). The molecule has 1 amide bonds. The Bertz CT molecular complexity index is 798. The first-order valence-electron chi connectivity index (χ1n) is 7.35. The van der Waals surface area contributed by atoms with Crippen molar-refractivity contribution in [2.24, 2.45) is 0 Å². The third kappa shape index (κ3) is 3.98. The molecule has 0 aliphatic rings. The number of anilines is 1. The zero-order valence-corrected chi connectivity index (χ0v) is 13.3. The Hall–Kier alpha value is -3.15. The molecule has 0 atom stereocenters. The fourth-order valence-electron chi connectivity index (χ4n) is 2.14. The number of hydrogen-bond acceptors (Lipinski definition) is 4. The number of ether oxygens (including phenoxy) is 1. The number of carboxylic acids is 1. The van der Waals surface area contributed by atoms with Crippen LogP contribution in [0.25, 0.3) is 0 Å². The number of nitrogens with one attached hydrogen (secondary N) is 1. The molecule has 0 unspecified atom stereocenters. The minimum absolute atomic E-state index is 0.0651. The van der Waals surface area contributed by atoms with Gasteiger partial charge < -0.3 is 15.2 Å². The average molecular weight is 327 g/mol. The van der Waals surface area contributed by atoms with Gasteiger partial charge in [0.15, 0.2) is 5.78 Å². The van der Waals surface area contributed by atoms with Gasteiger partial charge in [-0.25, -0.2) is 4.79 Å². The van der Waals surface area contributed by atoms with Crippen LogP contribution in [0.15, 0.2) is 42.5 Å². The van der Waals surface area contributed by atoms with Gasteiger partial charge in [-0.05, 0) is 50.2 Å². The Kier molecular flexibility index (Phi) is 5.31. The SMILES string of the molecule is CCOc1ccc(C(C)=O)cc1C(=O)Nc1cccc(C(=O)O)c1. The fourth-order valence-corrected chi connectivity index (χ4v) is 2.14. The largest absolute Gasteiger partial charge is 0.493 e.